The van der Waals surface area contributed by atoms with Gasteiger partial charge < -0.3 is 10.2 Å². The van der Waals surface area contributed by atoms with E-state index in [2.05, 4.69) is 11.4 Å². The average Bonchev–Trinajstić information content (AvgIpc) is 2.62. The zero-order valence-corrected chi connectivity index (χ0v) is 16.8. The van der Waals surface area contributed by atoms with Gasteiger partial charge in [-0.25, -0.2) is 0 Å². The minimum atomic E-state index is -0.205. The van der Waals surface area contributed by atoms with Gasteiger partial charge in [0.1, 0.15) is 0 Å². The zero-order valence-electron chi connectivity index (χ0n) is 16.0. The van der Waals surface area contributed by atoms with E-state index in [1.165, 1.54) is 0 Å². The SMILES string of the molecule is Cc1cc(C)cc(C(=O)N2CCC[C@@H](C(=O)Nc3ccc(Cl)cc3C)C2)c1. The van der Waals surface area contributed by atoms with E-state index in [-0.39, 0.29) is 17.7 Å². The third-order valence-electron chi connectivity index (χ3n) is 4.99. The number of carbonyl (C=O) groups excluding carboxylic acids is 2. The Morgan fingerprint density at radius 3 is 2.44 bits per heavy atom. The van der Waals surface area contributed by atoms with Crippen molar-refractivity contribution in [3.8, 4) is 0 Å². The van der Waals surface area contributed by atoms with Gasteiger partial charge in [-0.05, 0) is 69.5 Å². The maximum atomic E-state index is 12.9. The number of benzene rings is 2. The van der Waals surface area contributed by atoms with Gasteiger partial charge in [0, 0.05) is 29.4 Å². The third kappa shape index (κ3) is 4.69. The van der Waals surface area contributed by atoms with Gasteiger partial charge in [-0.2, -0.15) is 0 Å². The minimum absolute atomic E-state index is 0.00183. The lowest BCUT2D eigenvalue weighted by molar-refractivity contribution is -0.121. The van der Waals surface area contributed by atoms with Gasteiger partial charge in [0.25, 0.3) is 5.91 Å². The summed E-state index contributed by atoms with van der Waals surface area (Å²) >= 11 is 5.98. The van der Waals surface area contributed by atoms with Gasteiger partial charge in [0.2, 0.25) is 5.91 Å². The Morgan fingerprint density at radius 2 is 1.78 bits per heavy atom. The van der Waals surface area contributed by atoms with Crippen LogP contribution in [-0.4, -0.2) is 29.8 Å². The molecule has 142 valence electrons. The van der Waals surface area contributed by atoms with Crippen LogP contribution >= 0.6 is 11.6 Å². The van der Waals surface area contributed by atoms with Crippen LogP contribution in [0.25, 0.3) is 0 Å². The summed E-state index contributed by atoms with van der Waals surface area (Å²) in [5.41, 5.74) is 4.53. The van der Waals surface area contributed by atoms with Crippen LogP contribution in [0.1, 0.15) is 39.9 Å². The van der Waals surface area contributed by atoms with E-state index in [1.807, 2.05) is 45.0 Å². The van der Waals surface area contributed by atoms with E-state index in [1.54, 1.807) is 11.0 Å². The summed E-state index contributed by atoms with van der Waals surface area (Å²) in [6.45, 7) is 7.04. The van der Waals surface area contributed by atoms with Crippen molar-refractivity contribution in [1.29, 1.82) is 0 Å². The average molecular weight is 385 g/mol. The predicted molar refractivity (Wildman–Crippen MR) is 109 cm³/mol. The van der Waals surface area contributed by atoms with E-state index in [9.17, 15) is 9.59 Å². The number of hydrogen-bond donors (Lipinski definition) is 1. The topological polar surface area (TPSA) is 49.4 Å². The van der Waals surface area contributed by atoms with E-state index < -0.39 is 0 Å². The predicted octanol–water partition coefficient (Wildman–Crippen LogP) is 4.76. The van der Waals surface area contributed by atoms with Crippen LogP contribution in [0.4, 0.5) is 5.69 Å². The molecule has 1 N–H and O–H groups in total. The lowest BCUT2D eigenvalue weighted by Gasteiger charge is -2.32. The maximum absolute atomic E-state index is 12.9. The van der Waals surface area contributed by atoms with E-state index in [4.69, 9.17) is 11.6 Å². The highest BCUT2D eigenvalue weighted by atomic mass is 35.5. The number of carbonyl (C=O) groups is 2. The van der Waals surface area contributed by atoms with Gasteiger partial charge in [0.15, 0.2) is 0 Å². The molecule has 0 aliphatic carbocycles. The van der Waals surface area contributed by atoms with Crippen molar-refractivity contribution < 1.29 is 9.59 Å². The first kappa shape index (κ1) is 19.4. The number of aryl methyl sites for hydroxylation is 3. The van der Waals surface area contributed by atoms with E-state index >= 15 is 0 Å². The Bertz CT molecular complexity index is 858. The molecule has 3 rings (SSSR count). The molecule has 2 aromatic carbocycles. The second-order valence-electron chi connectivity index (χ2n) is 7.42. The molecule has 2 aromatic rings. The molecule has 5 heteroatoms. The molecule has 0 bridgehead atoms. The molecule has 4 nitrogen and oxygen atoms in total. The highest BCUT2D eigenvalue weighted by Crippen LogP contribution is 2.24. The number of nitrogens with one attached hydrogen (secondary N) is 1. The molecule has 1 heterocycles. The Morgan fingerprint density at radius 1 is 1.07 bits per heavy atom. The summed E-state index contributed by atoms with van der Waals surface area (Å²) in [6.07, 6.45) is 1.61. The van der Waals surface area contributed by atoms with Gasteiger partial charge in [-0.3, -0.25) is 9.59 Å². The number of likely N-dealkylation sites (tertiary alicyclic amines) is 1. The Kier molecular flexibility index (Phi) is 5.85. The molecule has 0 aromatic heterocycles. The summed E-state index contributed by atoms with van der Waals surface area (Å²) in [5, 5.41) is 3.64. The maximum Gasteiger partial charge on any atom is 0.253 e. The van der Waals surface area contributed by atoms with Crippen LogP contribution in [0.5, 0.6) is 0 Å². The van der Waals surface area contributed by atoms with Crippen molar-refractivity contribution in [3.05, 3.63) is 63.7 Å². The van der Waals surface area contributed by atoms with Gasteiger partial charge >= 0.3 is 0 Å². The zero-order chi connectivity index (χ0) is 19.6. The van der Waals surface area contributed by atoms with Crippen LogP contribution in [0.15, 0.2) is 36.4 Å². The highest BCUT2D eigenvalue weighted by molar-refractivity contribution is 6.30. The molecule has 1 aliphatic rings. The lowest BCUT2D eigenvalue weighted by Crippen LogP contribution is -2.43. The standard InChI is InChI=1S/C22H25ClN2O2/c1-14-9-15(2)11-18(10-14)22(27)25-8-4-5-17(13-25)21(26)24-20-7-6-19(23)12-16(20)3/h6-7,9-12,17H,4-5,8,13H2,1-3H3,(H,24,26)/t17-/m1/s1. The second kappa shape index (κ2) is 8.13. The molecule has 2 amide bonds. The Labute approximate surface area is 165 Å². The van der Waals surface area contributed by atoms with E-state index in [0.717, 1.165) is 35.2 Å². The molecular weight excluding hydrogens is 360 g/mol. The molecule has 27 heavy (non-hydrogen) atoms. The van der Waals surface area contributed by atoms with Crippen molar-refractivity contribution >= 4 is 29.1 Å². The normalized spacial score (nSPS) is 16.9. The van der Waals surface area contributed by atoms with Gasteiger partial charge in [-0.15, -0.1) is 0 Å². The molecule has 1 saturated heterocycles. The number of piperidine rings is 1. The molecule has 0 unspecified atom stereocenters. The molecule has 0 radical (unpaired) electrons. The fourth-order valence-corrected chi connectivity index (χ4v) is 3.89. The number of rotatable bonds is 3. The quantitative estimate of drug-likeness (QED) is 0.829. The van der Waals surface area contributed by atoms with Crippen LogP contribution in [0, 0.1) is 26.7 Å². The monoisotopic (exact) mass is 384 g/mol. The number of anilines is 1. The van der Waals surface area contributed by atoms with Crippen molar-refractivity contribution in [2.75, 3.05) is 18.4 Å². The molecule has 1 aliphatic heterocycles. The second-order valence-corrected chi connectivity index (χ2v) is 7.85. The van der Waals surface area contributed by atoms with Gasteiger partial charge in [0.05, 0.1) is 5.92 Å². The molecule has 1 atom stereocenters. The fraction of sp³-hybridized carbons (Fsp3) is 0.364. The lowest BCUT2D eigenvalue weighted by atomic mass is 9.95. The van der Waals surface area contributed by atoms with Crippen LogP contribution in [-0.2, 0) is 4.79 Å². The van der Waals surface area contributed by atoms with Crippen LogP contribution < -0.4 is 5.32 Å². The van der Waals surface area contributed by atoms with Crippen LogP contribution in [0.3, 0.4) is 0 Å². The summed E-state index contributed by atoms with van der Waals surface area (Å²) < 4.78 is 0. The molecule has 1 fully saturated rings. The molecule has 0 saturated carbocycles. The molecular formula is C22H25ClN2O2. The summed E-state index contributed by atoms with van der Waals surface area (Å²) in [6, 6.07) is 11.3. The Hall–Kier alpha value is -2.33. The smallest absolute Gasteiger partial charge is 0.253 e. The van der Waals surface area contributed by atoms with Crippen molar-refractivity contribution in [1.82, 2.24) is 4.90 Å². The highest BCUT2D eigenvalue weighted by Gasteiger charge is 2.29. The van der Waals surface area contributed by atoms with E-state index in [0.29, 0.717) is 23.7 Å². The number of nitrogens with zero attached hydrogens (tertiary/aromatic N) is 1. The molecule has 0 spiro atoms. The van der Waals surface area contributed by atoms with Crippen molar-refractivity contribution in [2.24, 2.45) is 5.92 Å². The number of amides is 2. The summed E-state index contributed by atoms with van der Waals surface area (Å²) in [7, 11) is 0. The van der Waals surface area contributed by atoms with Gasteiger partial charge in [-0.1, -0.05) is 28.8 Å². The third-order valence-corrected chi connectivity index (χ3v) is 5.23. The van der Waals surface area contributed by atoms with Crippen molar-refractivity contribution in [3.63, 3.8) is 0 Å². The first-order chi connectivity index (χ1) is 12.8. The van der Waals surface area contributed by atoms with Crippen molar-refractivity contribution in [2.45, 2.75) is 33.6 Å². The number of halogens is 1. The first-order valence-corrected chi connectivity index (χ1v) is 9.66. The first-order valence-electron chi connectivity index (χ1n) is 9.28. The summed E-state index contributed by atoms with van der Waals surface area (Å²) in [5.74, 6) is -0.246. The number of hydrogen-bond acceptors (Lipinski definition) is 2. The fourth-order valence-electron chi connectivity index (χ4n) is 3.66. The van der Waals surface area contributed by atoms with Crippen LogP contribution in [0.2, 0.25) is 5.02 Å². The summed E-state index contributed by atoms with van der Waals surface area (Å²) in [4.78, 5) is 27.4. The minimum Gasteiger partial charge on any atom is -0.338 e. The largest absolute Gasteiger partial charge is 0.338 e. The Balaban J connectivity index is 1.69.